The van der Waals surface area contributed by atoms with E-state index in [1.807, 2.05) is 46.0 Å². The first-order valence-corrected chi connectivity index (χ1v) is 6.70. The quantitative estimate of drug-likeness (QED) is 0.844. The molecule has 96 valence electrons. The maximum absolute atomic E-state index is 12.4. The number of nitrogens with zero attached hydrogens (tertiary/aromatic N) is 1. The van der Waals surface area contributed by atoms with Crippen LogP contribution >= 0.6 is 11.3 Å². The Bertz CT molecular complexity index is 542. The normalized spacial score (nSPS) is 12.4. The van der Waals surface area contributed by atoms with Gasteiger partial charge in [-0.15, -0.1) is 11.3 Å². The van der Waals surface area contributed by atoms with Crippen molar-refractivity contribution in [1.29, 1.82) is 0 Å². The maximum Gasteiger partial charge on any atom is 0.255 e. The highest BCUT2D eigenvalue weighted by molar-refractivity contribution is 7.12. The summed E-state index contributed by atoms with van der Waals surface area (Å²) in [6.07, 6.45) is 1.63. The zero-order valence-corrected chi connectivity index (χ0v) is 11.9. The van der Waals surface area contributed by atoms with E-state index in [-0.39, 0.29) is 11.9 Å². The molecule has 0 aliphatic carbocycles. The molecule has 0 aliphatic heterocycles. The molecule has 1 amide bonds. The minimum Gasteiger partial charge on any atom is -0.467 e. The zero-order valence-electron chi connectivity index (χ0n) is 11.1. The third kappa shape index (κ3) is 2.34. The third-order valence-corrected chi connectivity index (χ3v) is 4.09. The summed E-state index contributed by atoms with van der Waals surface area (Å²) in [4.78, 5) is 16.3. The van der Waals surface area contributed by atoms with Crippen LogP contribution in [0.3, 0.4) is 0 Å². The minimum absolute atomic E-state index is 0.0424. The van der Waals surface area contributed by atoms with Crippen molar-refractivity contribution in [2.45, 2.75) is 26.8 Å². The second-order valence-corrected chi connectivity index (χ2v) is 5.89. The molecular formula is C14H17NO2S. The first-order chi connectivity index (χ1) is 8.50. The van der Waals surface area contributed by atoms with Crippen molar-refractivity contribution in [3.63, 3.8) is 0 Å². The average molecular weight is 263 g/mol. The highest BCUT2D eigenvalue weighted by atomic mass is 32.1. The van der Waals surface area contributed by atoms with Crippen molar-refractivity contribution in [2.75, 3.05) is 7.05 Å². The Balaban J connectivity index is 2.21. The lowest BCUT2D eigenvalue weighted by Crippen LogP contribution is -2.29. The lowest BCUT2D eigenvalue weighted by atomic mass is 10.1. The molecule has 0 radical (unpaired) electrons. The Morgan fingerprint density at radius 1 is 1.44 bits per heavy atom. The molecule has 2 rings (SSSR count). The Kier molecular flexibility index (Phi) is 3.57. The van der Waals surface area contributed by atoms with Crippen LogP contribution in [0.1, 0.15) is 38.8 Å². The number of hydrogen-bond donors (Lipinski definition) is 0. The van der Waals surface area contributed by atoms with E-state index in [9.17, 15) is 4.79 Å². The number of amides is 1. The number of hydrogen-bond acceptors (Lipinski definition) is 3. The molecule has 18 heavy (non-hydrogen) atoms. The highest BCUT2D eigenvalue weighted by Gasteiger charge is 2.22. The van der Waals surface area contributed by atoms with Crippen molar-refractivity contribution >= 4 is 17.2 Å². The van der Waals surface area contributed by atoms with Gasteiger partial charge in [0.15, 0.2) is 0 Å². The zero-order chi connectivity index (χ0) is 13.3. The maximum atomic E-state index is 12.4. The van der Waals surface area contributed by atoms with Gasteiger partial charge in [0.05, 0.1) is 17.9 Å². The van der Waals surface area contributed by atoms with E-state index in [4.69, 9.17) is 4.42 Å². The molecule has 1 atom stereocenters. The van der Waals surface area contributed by atoms with Crippen LogP contribution in [-0.2, 0) is 0 Å². The Morgan fingerprint density at radius 3 is 2.67 bits per heavy atom. The monoisotopic (exact) mass is 263 g/mol. The molecule has 2 aromatic rings. The standard InChI is InChI=1S/C14H17NO2S/c1-9-8-12(11(3)18-9)14(16)15(4)10(2)13-6-5-7-17-13/h5-8,10H,1-4H3. The molecule has 0 fully saturated rings. The van der Waals surface area contributed by atoms with Gasteiger partial charge in [-0.1, -0.05) is 0 Å². The molecule has 2 aromatic heterocycles. The SMILES string of the molecule is Cc1cc(C(=O)N(C)C(C)c2ccco2)c(C)s1. The summed E-state index contributed by atoms with van der Waals surface area (Å²) in [5.41, 5.74) is 0.790. The molecule has 2 heterocycles. The molecule has 0 aliphatic rings. The molecule has 4 heteroatoms. The van der Waals surface area contributed by atoms with Crippen molar-refractivity contribution in [2.24, 2.45) is 0 Å². The number of rotatable bonds is 3. The molecule has 0 bridgehead atoms. The number of aryl methyl sites for hydroxylation is 2. The van der Waals surface area contributed by atoms with Crippen molar-refractivity contribution in [3.05, 3.63) is 45.5 Å². The Morgan fingerprint density at radius 2 is 2.17 bits per heavy atom. The molecule has 0 spiro atoms. The van der Waals surface area contributed by atoms with E-state index in [0.717, 1.165) is 21.1 Å². The molecule has 0 saturated carbocycles. The van der Waals surface area contributed by atoms with E-state index in [0.29, 0.717) is 0 Å². The first-order valence-electron chi connectivity index (χ1n) is 5.88. The van der Waals surface area contributed by atoms with Gasteiger partial charge in [0.1, 0.15) is 5.76 Å². The van der Waals surface area contributed by atoms with Gasteiger partial charge in [-0.05, 0) is 39.0 Å². The average Bonchev–Trinajstić information content (AvgIpc) is 2.96. The van der Waals surface area contributed by atoms with Gasteiger partial charge < -0.3 is 9.32 Å². The van der Waals surface area contributed by atoms with Crippen LogP contribution in [0.15, 0.2) is 28.9 Å². The number of carbonyl (C=O) groups excluding carboxylic acids is 1. The van der Waals surface area contributed by atoms with Crippen LogP contribution in [0.4, 0.5) is 0 Å². The van der Waals surface area contributed by atoms with E-state index in [1.165, 1.54) is 0 Å². The fraction of sp³-hybridized carbons (Fsp3) is 0.357. The third-order valence-electron chi connectivity index (χ3n) is 3.13. The second kappa shape index (κ2) is 4.98. The van der Waals surface area contributed by atoms with Crippen LogP contribution in [0, 0.1) is 13.8 Å². The number of thiophene rings is 1. The molecule has 3 nitrogen and oxygen atoms in total. The smallest absolute Gasteiger partial charge is 0.255 e. The van der Waals surface area contributed by atoms with Crippen LogP contribution in [-0.4, -0.2) is 17.9 Å². The van der Waals surface area contributed by atoms with Gasteiger partial charge >= 0.3 is 0 Å². The summed E-state index contributed by atoms with van der Waals surface area (Å²) in [5.74, 6) is 0.844. The summed E-state index contributed by atoms with van der Waals surface area (Å²) < 4.78 is 5.35. The predicted octanol–water partition coefficient (Wildman–Crippen LogP) is 3.79. The summed E-state index contributed by atoms with van der Waals surface area (Å²) in [7, 11) is 1.81. The van der Waals surface area contributed by atoms with E-state index >= 15 is 0 Å². The van der Waals surface area contributed by atoms with Crippen molar-refractivity contribution in [1.82, 2.24) is 4.90 Å². The van der Waals surface area contributed by atoms with Gasteiger partial charge in [0, 0.05) is 16.8 Å². The van der Waals surface area contributed by atoms with Gasteiger partial charge in [0.25, 0.3) is 5.91 Å². The number of carbonyl (C=O) groups is 1. The Labute approximate surface area is 111 Å². The Hall–Kier alpha value is -1.55. The van der Waals surface area contributed by atoms with Crippen LogP contribution < -0.4 is 0 Å². The van der Waals surface area contributed by atoms with Gasteiger partial charge in [-0.2, -0.15) is 0 Å². The van der Waals surface area contributed by atoms with Crippen LogP contribution in [0.5, 0.6) is 0 Å². The minimum atomic E-state index is -0.0629. The first kappa shape index (κ1) is 12.9. The van der Waals surface area contributed by atoms with E-state index in [1.54, 1.807) is 22.5 Å². The topological polar surface area (TPSA) is 33.5 Å². The van der Waals surface area contributed by atoms with Crippen molar-refractivity contribution < 1.29 is 9.21 Å². The lowest BCUT2D eigenvalue weighted by Gasteiger charge is -2.23. The van der Waals surface area contributed by atoms with Gasteiger partial charge in [-0.25, -0.2) is 0 Å². The molecule has 1 unspecified atom stereocenters. The van der Waals surface area contributed by atoms with E-state index < -0.39 is 0 Å². The molecular weight excluding hydrogens is 246 g/mol. The molecule has 0 N–H and O–H groups in total. The van der Waals surface area contributed by atoms with Crippen molar-refractivity contribution in [3.8, 4) is 0 Å². The molecule has 0 aromatic carbocycles. The summed E-state index contributed by atoms with van der Waals surface area (Å²) in [6.45, 7) is 5.96. The van der Waals surface area contributed by atoms with E-state index in [2.05, 4.69) is 0 Å². The van der Waals surface area contributed by atoms with Crippen LogP contribution in [0.25, 0.3) is 0 Å². The van der Waals surface area contributed by atoms with Gasteiger partial charge in [0.2, 0.25) is 0 Å². The van der Waals surface area contributed by atoms with Gasteiger partial charge in [-0.3, -0.25) is 4.79 Å². The predicted molar refractivity (Wildman–Crippen MR) is 73.0 cm³/mol. The molecule has 0 saturated heterocycles. The second-order valence-electron chi connectivity index (χ2n) is 4.43. The highest BCUT2D eigenvalue weighted by Crippen LogP contribution is 2.25. The number of furan rings is 1. The fourth-order valence-electron chi connectivity index (χ4n) is 1.93. The fourth-order valence-corrected chi connectivity index (χ4v) is 2.84. The lowest BCUT2D eigenvalue weighted by molar-refractivity contribution is 0.0726. The largest absolute Gasteiger partial charge is 0.467 e. The summed E-state index contributed by atoms with van der Waals surface area (Å²) in [5, 5.41) is 0. The van der Waals surface area contributed by atoms with Crippen LogP contribution in [0.2, 0.25) is 0 Å². The summed E-state index contributed by atoms with van der Waals surface area (Å²) in [6, 6.07) is 5.62. The summed E-state index contributed by atoms with van der Waals surface area (Å²) >= 11 is 1.65.